The van der Waals surface area contributed by atoms with Crippen LogP contribution in [0.4, 0.5) is 0 Å². The smallest absolute Gasteiger partial charge is 0.308 e. The van der Waals surface area contributed by atoms with E-state index in [1.165, 1.54) is 21.0 Å². The highest BCUT2D eigenvalue weighted by molar-refractivity contribution is 5.98. The van der Waals surface area contributed by atoms with Crippen molar-refractivity contribution in [1.29, 1.82) is 0 Å². The van der Waals surface area contributed by atoms with Gasteiger partial charge in [-0.05, 0) is 17.5 Å². The Morgan fingerprint density at radius 2 is 1.57 bits per heavy atom. The number of hydrogen-bond acceptors (Lipinski definition) is 5. The van der Waals surface area contributed by atoms with Crippen molar-refractivity contribution in [1.82, 2.24) is 0 Å². The predicted octanol–water partition coefficient (Wildman–Crippen LogP) is 3.82. The van der Waals surface area contributed by atoms with Gasteiger partial charge in [0.25, 0.3) is 0 Å². The summed E-state index contributed by atoms with van der Waals surface area (Å²) in [5, 5.41) is 1.35. The molecule has 0 radical (unpaired) electrons. The van der Waals surface area contributed by atoms with Crippen LogP contribution in [0.3, 0.4) is 0 Å². The molecule has 2 aromatic carbocycles. The minimum absolute atomic E-state index is 0.309. The zero-order valence-electron chi connectivity index (χ0n) is 13.9. The van der Waals surface area contributed by atoms with Gasteiger partial charge in [-0.25, -0.2) is 0 Å². The summed E-state index contributed by atoms with van der Waals surface area (Å²) >= 11 is 0. The molecule has 0 fully saturated rings. The van der Waals surface area contributed by atoms with Gasteiger partial charge in [0.15, 0.2) is 11.5 Å². The molecule has 0 unspecified atom stereocenters. The molecule has 0 amide bonds. The van der Waals surface area contributed by atoms with Gasteiger partial charge in [0.2, 0.25) is 0 Å². The first-order valence-electron chi connectivity index (χ1n) is 7.35. The van der Waals surface area contributed by atoms with Crippen molar-refractivity contribution in [2.24, 2.45) is 0 Å². The molecule has 5 heteroatoms. The number of ether oxygens (including phenoxy) is 3. The van der Waals surface area contributed by atoms with Crippen molar-refractivity contribution in [3.8, 4) is 17.2 Å². The zero-order chi connectivity index (χ0) is 17.1. The Morgan fingerprint density at radius 1 is 0.913 bits per heavy atom. The number of hydrogen-bond donors (Lipinski definition) is 0. The molecule has 0 atom stereocenters. The van der Waals surface area contributed by atoms with Crippen molar-refractivity contribution >= 4 is 22.7 Å². The Labute approximate surface area is 135 Å². The summed E-state index contributed by atoms with van der Waals surface area (Å²) in [6, 6.07) is 7.30. The lowest BCUT2D eigenvalue weighted by atomic mass is 9.98. The van der Waals surface area contributed by atoms with Crippen LogP contribution in [0.2, 0.25) is 0 Å². The van der Waals surface area contributed by atoms with Gasteiger partial charge in [-0.2, -0.15) is 0 Å². The fraction of sp³-hybridized carbons (Fsp3) is 0.333. The second-order valence-electron chi connectivity index (χ2n) is 5.55. The first-order chi connectivity index (χ1) is 10.8. The van der Waals surface area contributed by atoms with E-state index in [1.807, 2.05) is 18.2 Å². The monoisotopic (exact) mass is 316 g/mol. The average Bonchev–Trinajstić information content (AvgIpc) is 2.47. The van der Waals surface area contributed by atoms with Crippen LogP contribution in [0.15, 0.2) is 24.3 Å². The Hall–Kier alpha value is -2.56. The van der Waals surface area contributed by atoms with Crippen molar-refractivity contribution in [2.45, 2.75) is 33.6 Å². The number of esters is 2. The molecule has 0 spiro atoms. The van der Waals surface area contributed by atoms with E-state index in [0.717, 1.165) is 5.56 Å². The topological polar surface area (TPSA) is 61.8 Å². The molecule has 5 nitrogen and oxygen atoms in total. The van der Waals surface area contributed by atoms with Crippen LogP contribution in [0.5, 0.6) is 17.2 Å². The molecule has 0 saturated carbocycles. The van der Waals surface area contributed by atoms with Crippen molar-refractivity contribution in [2.75, 3.05) is 7.11 Å². The van der Waals surface area contributed by atoms with E-state index in [2.05, 4.69) is 13.8 Å². The SMILES string of the molecule is COc1cc(OC(C)=O)c2cc(C(C)C)ccc2c1OC(C)=O. The van der Waals surface area contributed by atoms with Gasteiger partial charge in [-0.3, -0.25) is 9.59 Å². The van der Waals surface area contributed by atoms with Gasteiger partial charge >= 0.3 is 11.9 Å². The fourth-order valence-corrected chi connectivity index (χ4v) is 2.36. The summed E-state index contributed by atoms with van der Waals surface area (Å²) in [5.74, 6) is 0.468. The van der Waals surface area contributed by atoms with Crippen LogP contribution < -0.4 is 14.2 Å². The average molecular weight is 316 g/mol. The quantitative estimate of drug-likeness (QED) is 0.634. The molecule has 2 rings (SSSR count). The van der Waals surface area contributed by atoms with Crippen molar-refractivity contribution in [3.63, 3.8) is 0 Å². The summed E-state index contributed by atoms with van der Waals surface area (Å²) in [6.45, 7) is 6.81. The molecule has 2 aromatic rings. The molecule has 122 valence electrons. The van der Waals surface area contributed by atoms with E-state index in [4.69, 9.17) is 14.2 Å². The summed E-state index contributed by atoms with van der Waals surface area (Å²) in [6.07, 6.45) is 0. The molecule has 0 aliphatic heterocycles. The van der Waals surface area contributed by atoms with Gasteiger partial charge in [-0.15, -0.1) is 0 Å². The maximum atomic E-state index is 11.4. The van der Waals surface area contributed by atoms with Gasteiger partial charge in [0.1, 0.15) is 5.75 Å². The maximum absolute atomic E-state index is 11.4. The lowest BCUT2D eigenvalue weighted by Gasteiger charge is -2.16. The van der Waals surface area contributed by atoms with Crippen LogP contribution in [0.1, 0.15) is 39.2 Å². The normalized spacial score (nSPS) is 10.7. The second-order valence-corrected chi connectivity index (χ2v) is 5.55. The van der Waals surface area contributed by atoms with E-state index in [0.29, 0.717) is 33.9 Å². The van der Waals surface area contributed by atoms with Gasteiger partial charge in [-0.1, -0.05) is 26.0 Å². The van der Waals surface area contributed by atoms with E-state index in [-0.39, 0.29) is 0 Å². The summed E-state index contributed by atoms with van der Waals surface area (Å²) in [4.78, 5) is 22.8. The van der Waals surface area contributed by atoms with Crippen LogP contribution >= 0.6 is 0 Å². The molecular weight excluding hydrogens is 296 g/mol. The molecule has 0 N–H and O–H groups in total. The fourth-order valence-electron chi connectivity index (χ4n) is 2.36. The molecule has 0 heterocycles. The molecule has 0 saturated heterocycles. The lowest BCUT2D eigenvalue weighted by Crippen LogP contribution is -2.06. The molecule has 0 bridgehead atoms. The molecule has 0 aliphatic carbocycles. The highest BCUT2D eigenvalue weighted by Crippen LogP contribution is 2.42. The number of methoxy groups -OCH3 is 1. The minimum atomic E-state index is -0.447. The number of benzene rings is 2. The Bertz CT molecular complexity index is 762. The van der Waals surface area contributed by atoms with Crippen LogP contribution in [-0.2, 0) is 9.59 Å². The molecular formula is C18H20O5. The summed E-state index contributed by atoms with van der Waals surface area (Å²) < 4.78 is 15.9. The van der Waals surface area contributed by atoms with Crippen molar-refractivity contribution in [3.05, 3.63) is 29.8 Å². The molecule has 23 heavy (non-hydrogen) atoms. The largest absolute Gasteiger partial charge is 0.493 e. The summed E-state index contributed by atoms with van der Waals surface area (Å²) in [5.41, 5.74) is 1.09. The Morgan fingerprint density at radius 3 is 2.09 bits per heavy atom. The standard InChI is InChI=1S/C18H20O5/c1-10(2)13-6-7-14-15(8-13)16(22-11(3)19)9-17(21-5)18(14)23-12(4)20/h6-10H,1-5H3. The van der Waals surface area contributed by atoms with E-state index < -0.39 is 11.9 Å². The second kappa shape index (κ2) is 6.69. The van der Waals surface area contributed by atoms with Crippen LogP contribution in [0, 0.1) is 0 Å². The van der Waals surface area contributed by atoms with Crippen LogP contribution in [-0.4, -0.2) is 19.0 Å². The van der Waals surface area contributed by atoms with E-state index in [1.54, 1.807) is 6.07 Å². The molecule has 0 aromatic heterocycles. The third-order valence-corrected chi connectivity index (χ3v) is 3.43. The molecule has 0 aliphatic rings. The lowest BCUT2D eigenvalue weighted by molar-refractivity contribution is -0.133. The number of carbonyl (C=O) groups excluding carboxylic acids is 2. The Kier molecular flexibility index (Phi) is 4.89. The summed E-state index contributed by atoms with van der Waals surface area (Å²) in [7, 11) is 1.47. The van der Waals surface area contributed by atoms with E-state index >= 15 is 0 Å². The highest BCUT2D eigenvalue weighted by Gasteiger charge is 2.18. The first-order valence-corrected chi connectivity index (χ1v) is 7.35. The first kappa shape index (κ1) is 16.8. The van der Waals surface area contributed by atoms with Crippen LogP contribution in [0.25, 0.3) is 10.8 Å². The van der Waals surface area contributed by atoms with E-state index in [9.17, 15) is 9.59 Å². The number of fused-ring (bicyclic) bond motifs is 1. The number of rotatable bonds is 4. The third kappa shape index (κ3) is 3.62. The maximum Gasteiger partial charge on any atom is 0.308 e. The van der Waals surface area contributed by atoms with Gasteiger partial charge in [0, 0.05) is 30.7 Å². The highest BCUT2D eigenvalue weighted by atomic mass is 16.6. The third-order valence-electron chi connectivity index (χ3n) is 3.43. The minimum Gasteiger partial charge on any atom is -0.493 e. The predicted molar refractivity (Wildman–Crippen MR) is 87.2 cm³/mol. The van der Waals surface area contributed by atoms with Gasteiger partial charge < -0.3 is 14.2 Å². The Balaban J connectivity index is 2.79. The van der Waals surface area contributed by atoms with Gasteiger partial charge in [0.05, 0.1) is 7.11 Å². The zero-order valence-corrected chi connectivity index (χ0v) is 13.9. The van der Waals surface area contributed by atoms with Crippen molar-refractivity contribution < 1.29 is 23.8 Å². The number of carbonyl (C=O) groups is 2.